The highest BCUT2D eigenvalue weighted by Crippen LogP contribution is 2.17. The Balaban J connectivity index is 1.87. The summed E-state index contributed by atoms with van der Waals surface area (Å²) in [6, 6.07) is 14.3. The fraction of sp³-hybridized carbons (Fsp3) is 0.118. The molecule has 8 heteroatoms. The molecule has 2 aromatic heterocycles. The van der Waals surface area contributed by atoms with Gasteiger partial charge in [-0.2, -0.15) is 14.9 Å². The molecule has 25 heavy (non-hydrogen) atoms. The number of aromatic nitrogens is 4. The number of aryl methyl sites for hydroxylation is 2. The standard InChI is InChI=1S/C17H17N5O2S/c1-13-8-9-16(19-18-13)22-17(12-14(2)20-22)21-25(23,24)11-10-15-6-4-3-5-7-15/h3-12,21H,1-2H3. The van der Waals surface area contributed by atoms with Crippen molar-refractivity contribution in [3.05, 3.63) is 70.9 Å². The molecule has 3 aromatic rings. The molecule has 1 aromatic carbocycles. The normalized spacial score (nSPS) is 11.8. The molecule has 0 spiro atoms. The summed E-state index contributed by atoms with van der Waals surface area (Å²) in [6.07, 6.45) is 1.53. The van der Waals surface area contributed by atoms with Crippen molar-refractivity contribution in [3.8, 4) is 5.82 Å². The van der Waals surface area contributed by atoms with Gasteiger partial charge < -0.3 is 0 Å². The van der Waals surface area contributed by atoms with Gasteiger partial charge >= 0.3 is 0 Å². The average molecular weight is 355 g/mol. The third kappa shape index (κ3) is 4.30. The van der Waals surface area contributed by atoms with Gasteiger partial charge in [-0.3, -0.25) is 4.72 Å². The van der Waals surface area contributed by atoms with Gasteiger partial charge in [0.05, 0.1) is 16.8 Å². The van der Waals surface area contributed by atoms with Crippen LogP contribution in [-0.4, -0.2) is 28.4 Å². The number of benzene rings is 1. The third-order valence-electron chi connectivity index (χ3n) is 3.32. The number of nitrogens with one attached hydrogen (secondary N) is 1. The van der Waals surface area contributed by atoms with Crippen molar-refractivity contribution in [1.82, 2.24) is 20.0 Å². The molecule has 2 heterocycles. The van der Waals surface area contributed by atoms with Crippen LogP contribution in [0, 0.1) is 13.8 Å². The van der Waals surface area contributed by atoms with E-state index in [9.17, 15) is 8.42 Å². The zero-order valence-electron chi connectivity index (χ0n) is 13.8. The Labute approximate surface area is 146 Å². The van der Waals surface area contributed by atoms with Crippen LogP contribution in [0.3, 0.4) is 0 Å². The van der Waals surface area contributed by atoms with Gasteiger partial charge in [-0.05, 0) is 37.6 Å². The van der Waals surface area contributed by atoms with Crippen molar-refractivity contribution in [2.45, 2.75) is 13.8 Å². The van der Waals surface area contributed by atoms with Gasteiger partial charge in [0.2, 0.25) is 0 Å². The van der Waals surface area contributed by atoms with Crippen LogP contribution < -0.4 is 4.72 Å². The molecule has 3 rings (SSSR count). The number of rotatable bonds is 5. The smallest absolute Gasteiger partial charge is 0.256 e. The van der Waals surface area contributed by atoms with Crippen LogP contribution in [0.4, 0.5) is 5.82 Å². The SMILES string of the molecule is Cc1ccc(-n2nc(C)cc2NS(=O)(=O)C=Cc2ccccc2)nn1. The predicted molar refractivity (Wildman–Crippen MR) is 96.6 cm³/mol. The molecule has 0 atom stereocenters. The van der Waals surface area contributed by atoms with Crippen LogP contribution in [0.2, 0.25) is 0 Å². The molecule has 0 aliphatic rings. The maximum Gasteiger partial charge on any atom is 0.256 e. The first-order chi connectivity index (χ1) is 11.9. The summed E-state index contributed by atoms with van der Waals surface area (Å²) in [7, 11) is -3.70. The largest absolute Gasteiger partial charge is 0.264 e. The molecular weight excluding hydrogens is 338 g/mol. The molecule has 0 unspecified atom stereocenters. The maximum atomic E-state index is 12.3. The molecular formula is C17H17N5O2S. The topological polar surface area (TPSA) is 89.8 Å². The molecule has 0 amide bonds. The highest BCUT2D eigenvalue weighted by Gasteiger charge is 2.14. The summed E-state index contributed by atoms with van der Waals surface area (Å²) < 4.78 is 28.6. The fourth-order valence-corrected chi connectivity index (χ4v) is 3.00. The van der Waals surface area contributed by atoms with E-state index in [2.05, 4.69) is 20.0 Å². The second kappa shape index (κ2) is 6.86. The van der Waals surface area contributed by atoms with E-state index in [1.54, 1.807) is 25.1 Å². The van der Waals surface area contributed by atoms with Crippen molar-refractivity contribution >= 4 is 21.9 Å². The molecule has 0 aliphatic heterocycles. The lowest BCUT2D eigenvalue weighted by atomic mass is 10.2. The summed E-state index contributed by atoms with van der Waals surface area (Å²) >= 11 is 0. The summed E-state index contributed by atoms with van der Waals surface area (Å²) in [5, 5.41) is 13.4. The van der Waals surface area contributed by atoms with E-state index in [1.807, 2.05) is 37.3 Å². The maximum absolute atomic E-state index is 12.3. The second-order valence-corrected chi connectivity index (χ2v) is 7.04. The first kappa shape index (κ1) is 16.8. The predicted octanol–water partition coefficient (Wildman–Crippen LogP) is 2.69. The van der Waals surface area contributed by atoms with Crippen molar-refractivity contribution in [2.75, 3.05) is 4.72 Å². The zero-order chi connectivity index (χ0) is 17.9. The quantitative estimate of drug-likeness (QED) is 0.760. The number of hydrogen-bond acceptors (Lipinski definition) is 5. The number of sulfonamides is 1. The Bertz CT molecular complexity index is 993. The van der Waals surface area contributed by atoms with Gasteiger partial charge in [-0.15, -0.1) is 5.10 Å². The third-order valence-corrected chi connectivity index (χ3v) is 4.31. The second-order valence-electron chi connectivity index (χ2n) is 5.48. The van der Waals surface area contributed by atoms with Gasteiger partial charge in [-0.25, -0.2) is 8.42 Å². The van der Waals surface area contributed by atoms with Gasteiger partial charge in [0.25, 0.3) is 10.0 Å². The van der Waals surface area contributed by atoms with Crippen LogP contribution in [-0.2, 0) is 10.0 Å². The summed E-state index contributed by atoms with van der Waals surface area (Å²) in [5.74, 6) is 0.733. The number of hydrogen-bond donors (Lipinski definition) is 1. The molecule has 0 radical (unpaired) electrons. The number of anilines is 1. The Hall–Kier alpha value is -3.00. The molecule has 7 nitrogen and oxygen atoms in total. The van der Waals surface area contributed by atoms with E-state index in [4.69, 9.17) is 0 Å². The monoisotopic (exact) mass is 355 g/mol. The minimum absolute atomic E-state index is 0.299. The highest BCUT2D eigenvalue weighted by molar-refractivity contribution is 7.95. The van der Waals surface area contributed by atoms with E-state index < -0.39 is 10.0 Å². The van der Waals surface area contributed by atoms with Crippen LogP contribution in [0.25, 0.3) is 11.9 Å². The van der Waals surface area contributed by atoms with E-state index in [0.29, 0.717) is 17.3 Å². The Morgan fingerprint density at radius 3 is 2.44 bits per heavy atom. The summed E-state index contributed by atoms with van der Waals surface area (Å²) in [5.41, 5.74) is 2.22. The fourth-order valence-electron chi connectivity index (χ4n) is 2.16. The summed E-state index contributed by atoms with van der Waals surface area (Å²) in [4.78, 5) is 0. The lowest BCUT2D eigenvalue weighted by Gasteiger charge is -2.07. The molecule has 128 valence electrons. The van der Waals surface area contributed by atoms with Crippen molar-refractivity contribution in [2.24, 2.45) is 0 Å². The van der Waals surface area contributed by atoms with E-state index in [1.165, 1.54) is 10.8 Å². The average Bonchev–Trinajstić information content (AvgIpc) is 2.94. The highest BCUT2D eigenvalue weighted by atomic mass is 32.2. The first-order valence-corrected chi connectivity index (χ1v) is 9.11. The zero-order valence-corrected chi connectivity index (χ0v) is 14.6. The van der Waals surface area contributed by atoms with Crippen molar-refractivity contribution < 1.29 is 8.42 Å². The Morgan fingerprint density at radius 1 is 1.00 bits per heavy atom. The molecule has 0 saturated carbocycles. The van der Waals surface area contributed by atoms with Gasteiger partial charge in [-0.1, -0.05) is 30.3 Å². The number of nitrogens with zero attached hydrogens (tertiary/aromatic N) is 4. The molecule has 0 fully saturated rings. The van der Waals surface area contributed by atoms with Gasteiger partial charge in [0, 0.05) is 6.07 Å². The van der Waals surface area contributed by atoms with Crippen LogP contribution in [0.15, 0.2) is 53.9 Å². The van der Waals surface area contributed by atoms with Crippen LogP contribution >= 0.6 is 0 Å². The molecule has 1 N–H and O–H groups in total. The van der Waals surface area contributed by atoms with Crippen molar-refractivity contribution in [3.63, 3.8) is 0 Å². The minimum atomic E-state index is -3.70. The molecule has 0 saturated heterocycles. The molecule has 0 aliphatic carbocycles. The first-order valence-electron chi connectivity index (χ1n) is 7.56. The van der Waals surface area contributed by atoms with Crippen molar-refractivity contribution in [1.29, 1.82) is 0 Å². The van der Waals surface area contributed by atoms with Gasteiger partial charge in [0.15, 0.2) is 5.82 Å². The van der Waals surface area contributed by atoms with Crippen LogP contribution in [0.1, 0.15) is 17.0 Å². The van der Waals surface area contributed by atoms with Gasteiger partial charge in [0.1, 0.15) is 5.82 Å². The Morgan fingerprint density at radius 2 is 1.76 bits per heavy atom. The Kier molecular flexibility index (Phi) is 4.62. The minimum Gasteiger partial charge on any atom is -0.264 e. The van der Waals surface area contributed by atoms with Crippen LogP contribution in [0.5, 0.6) is 0 Å². The van der Waals surface area contributed by atoms with E-state index >= 15 is 0 Å². The summed E-state index contributed by atoms with van der Waals surface area (Å²) in [6.45, 7) is 3.60. The van der Waals surface area contributed by atoms with E-state index in [-0.39, 0.29) is 0 Å². The molecule has 0 bridgehead atoms. The van der Waals surface area contributed by atoms with E-state index in [0.717, 1.165) is 16.7 Å². The lowest BCUT2D eigenvalue weighted by molar-refractivity contribution is 0.609. The lowest BCUT2D eigenvalue weighted by Crippen LogP contribution is -2.13.